The summed E-state index contributed by atoms with van der Waals surface area (Å²) in [6, 6.07) is 0.500. The minimum atomic E-state index is 0.0615. The third-order valence-electron chi connectivity index (χ3n) is 5.89. The van der Waals surface area contributed by atoms with E-state index >= 15 is 0 Å². The van der Waals surface area contributed by atoms with E-state index in [1.165, 1.54) is 32.2 Å². The smallest absolute Gasteiger partial charge is 0.0785 e. The Hall–Kier alpha value is -0.620. The molecule has 1 aromatic rings. The zero-order valence-electron chi connectivity index (χ0n) is 14.8. The quantitative estimate of drug-likeness (QED) is 0.817. The number of halogens is 1. The van der Waals surface area contributed by atoms with Crippen LogP contribution in [-0.2, 0) is 6.54 Å². The average Bonchev–Trinajstić information content (AvgIpc) is 3.03. The molecule has 6 heteroatoms. The van der Waals surface area contributed by atoms with E-state index in [9.17, 15) is 5.11 Å². The monoisotopic (exact) mass is 354 g/mol. The minimum Gasteiger partial charge on any atom is -0.396 e. The molecule has 0 aromatic carbocycles. The summed E-state index contributed by atoms with van der Waals surface area (Å²) in [5, 5.41) is 15.2. The molecule has 0 bridgehead atoms. The van der Waals surface area contributed by atoms with Crippen LogP contribution in [0.2, 0.25) is 5.02 Å². The summed E-state index contributed by atoms with van der Waals surface area (Å²) < 4.78 is 1.92. The van der Waals surface area contributed by atoms with Crippen molar-refractivity contribution >= 4 is 11.6 Å². The Labute approximate surface area is 150 Å². The lowest BCUT2D eigenvalue weighted by atomic mass is 9.69. The van der Waals surface area contributed by atoms with Crippen LogP contribution in [0.3, 0.4) is 0 Å². The number of piperidine rings is 2. The van der Waals surface area contributed by atoms with Crippen molar-refractivity contribution in [3.05, 3.63) is 17.4 Å². The predicted octanol–water partition coefficient (Wildman–Crippen LogP) is 2.49. The number of fused-ring (bicyclic) bond motifs is 1. The normalized spacial score (nSPS) is 28.9. The maximum absolute atomic E-state index is 10.2. The van der Waals surface area contributed by atoms with Gasteiger partial charge >= 0.3 is 0 Å². The van der Waals surface area contributed by atoms with Gasteiger partial charge in [0.1, 0.15) is 0 Å². The van der Waals surface area contributed by atoms with E-state index in [0.29, 0.717) is 17.7 Å². The highest BCUT2D eigenvalue weighted by Crippen LogP contribution is 2.41. The molecule has 5 nitrogen and oxygen atoms in total. The highest BCUT2D eigenvalue weighted by atomic mass is 35.5. The van der Waals surface area contributed by atoms with Gasteiger partial charge in [-0.25, -0.2) is 0 Å². The second kappa shape index (κ2) is 8.17. The summed E-state index contributed by atoms with van der Waals surface area (Å²) in [4.78, 5) is 5.17. The van der Waals surface area contributed by atoms with E-state index in [4.69, 9.17) is 11.6 Å². The van der Waals surface area contributed by atoms with Crippen LogP contribution in [0.5, 0.6) is 0 Å². The molecule has 0 amide bonds. The van der Waals surface area contributed by atoms with Crippen molar-refractivity contribution in [2.75, 3.05) is 39.3 Å². The average molecular weight is 355 g/mol. The number of aliphatic hydroxyl groups excluding tert-OH is 1. The molecule has 2 aliphatic rings. The largest absolute Gasteiger partial charge is 0.396 e. The van der Waals surface area contributed by atoms with Crippen molar-refractivity contribution in [2.45, 2.75) is 51.6 Å². The van der Waals surface area contributed by atoms with E-state index in [0.717, 1.165) is 39.1 Å². The van der Waals surface area contributed by atoms with Crippen molar-refractivity contribution in [2.24, 2.45) is 5.41 Å². The maximum Gasteiger partial charge on any atom is 0.0785 e. The Bertz CT molecular complexity index is 523. The van der Waals surface area contributed by atoms with Gasteiger partial charge in [0, 0.05) is 30.7 Å². The van der Waals surface area contributed by atoms with Gasteiger partial charge in [0.2, 0.25) is 0 Å². The van der Waals surface area contributed by atoms with E-state index in [-0.39, 0.29) is 5.41 Å². The van der Waals surface area contributed by atoms with Crippen LogP contribution in [0.1, 0.15) is 39.0 Å². The lowest BCUT2D eigenvalue weighted by Gasteiger charge is -2.54. The Morgan fingerprint density at radius 2 is 2.21 bits per heavy atom. The topological polar surface area (TPSA) is 44.5 Å². The maximum atomic E-state index is 10.2. The molecule has 0 aliphatic carbocycles. The number of nitrogens with zero attached hydrogens (tertiary/aromatic N) is 4. The first kappa shape index (κ1) is 18.2. The number of likely N-dealkylation sites (tertiary alicyclic amines) is 2. The van der Waals surface area contributed by atoms with Gasteiger partial charge in [-0.15, -0.1) is 0 Å². The highest BCUT2D eigenvalue weighted by molar-refractivity contribution is 6.30. The Kier molecular flexibility index (Phi) is 6.19. The fourth-order valence-corrected chi connectivity index (χ4v) is 4.77. The van der Waals surface area contributed by atoms with Crippen LogP contribution in [0.25, 0.3) is 0 Å². The second-order valence-corrected chi connectivity index (χ2v) is 7.95. The zero-order valence-corrected chi connectivity index (χ0v) is 15.6. The molecule has 0 spiro atoms. The van der Waals surface area contributed by atoms with Crippen LogP contribution in [0, 0.1) is 5.41 Å². The molecule has 136 valence electrons. The fourth-order valence-electron chi connectivity index (χ4n) is 4.61. The molecule has 3 rings (SSSR count). The first-order valence-electron chi connectivity index (χ1n) is 9.42. The number of hydrogen-bond acceptors (Lipinski definition) is 4. The second-order valence-electron chi connectivity index (χ2n) is 7.52. The van der Waals surface area contributed by atoms with Gasteiger partial charge in [-0.3, -0.25) is 9.58 Å². The van der Waals surface area contributed by atoms with Gasteiger partial charge in [-0.1, -0.05) is 24.9 Å². The van der Waals surface area contributed by atoms with Crippen molar-refractivity contribution in [3.8, 4) is 0 Å². The van der Waals surface area contributed by atoms with Gasteiger partial charge < -0.3 is 10.0 Å². The third kappa shape index (κ3) is 3.96. The number of aliphatic hydroxyl groups is 1. The van der Waals surface area contributed by atoms with Gasteiger partial charge in [0.05, 0.1) is 24.4 Å². The fraction of sp³-hybridized carbons (Fsp3) is 0.833. The molecule has 0 radical (unpaired) electrons. The number of unbranched alkanes of at least 4 members (excludes halogenated alkanes) is 1. The molecule has 24 heavy (non-hydrogen) atoms. The summed E-state index contributed by atoms with van der Waals surface area (Å²) in [5.74, 6) is 0. The minimum absolute atomic E-state index is 0.0615. The van der Waals surface area contributed by atoms with E-state index in [1.807, 2.05) is 10.9 Å². The molecule has 0 saturated carbocycles. The van der Waals surface area contributed by atoms with Crippen LogP contribution >= 0.6 is 11.6 Å². The van der Waals surface area contributed by atoms with Gasteiger partial charge in [0.15, 0.2) is 0 Å². The van der Waals surface area contributed by atoms with Gasteiger partial charge in [-0.2, -0.15) is 5.10 Å². The number of hydrogen-bond donors (Lipinski definition) is 1. The van der Waals surface area contributed by atoms with Gasteiger partial charge in [0.25, 0.3) is 0 Å². The first-order valence-corrected chi connectivity index (χ1v) is 9.80. The molecule has 1 aromatic heterocycles. The zero-order chi connectivity index (χ0) is 17.0. The first-order chi connectivity index (χ1) is 11.7. The predicted molar refractivity (Wildman–Crippen MR) is 97.3 cm³/mol. The Morgan fingerprint density at radius 3 is 2.92 bits per heavy atom. The van der Waals surface area contributed by atoms with Crippen molar-refractivity contribution < 1.29 is 5.11 Å². The number of rotatable bonds is 7. The summed E-state index contributed by atoms with van der Waals surface area (Å²) >= 11 is 5.96. The standard InChI is InChI=1S/C18H31ClN4O/c1-2-3-7-21-9-5-17-18(14-21,15-24)6-4-8-22(17)10-11-23-13-16(19)12-20-23/h12-13,17,24H,2-11,14-15H2,1H3/t17-,18-/m0/s1. The summed E-state index contributed by atoms with van der Waals surface area (Å²) in [6.45, 7) is 8.94. The van der Waals surface area contributed by atoms with E-state index < -0.39 is 0 Å². The highest BCUT2D eigenvalue weighted by Gasteiger charge is 2.47. The van der Waals surface area contributed by atoms with Crippen molar-refractivity contribution in [1.29, 1.82) is 0 Å². The third-order valence-corrected chi connectivity index (χ3v) is 6.08. The van der Waals surface area contributed by atoms with Crippen molar-refractivity contribution in [1.82, 2.24) is 19.6 Å². The lowest BCUT2D eigenvalue weighted by Crippen LogP contribution is -2.62. The lowest BCUT2D eigenvalue weighted by molar-refractivity contribution is -0.0794. The van der Waals surface area contributed by atoms with E-state index in [2.05, 4.69) is 21.8 Å². The Morgan fingerprint density at radius 1 is 1.33 bits per heavy atom. The Balaban J connectivity index is 1.63. The summed E-state index contributed by atoms with van der Waals surface area (Å²) in [6.07, 6.45) is 9.59. The van der Waals surface area contributed by atoms with Crippen LogP contribution in [0.15, 0.2) is 12.4 Å². The molecule has 2 atom stereocenters. The van der Waals surface area contributed by atoms with Crippen molar-refractivity contribution in [3.63, 3.8) is 0 Å². The molecule has 2 saturated heterocycles. The molecule has 1 N–H and O–H groups in total. The number of aromatic nitrogens is 2. The van der Waals surface area contributed by atoms with Gasteiger partial charge in [-0.05, 0) is 45.3 Å². The SMILES string of the molecule is CCCCN1CC[C@@H]2N(CCn3cc(Cl)cn3)CCC[C@@]2(CO)C1. The van der Waals surface area contributed by atoms with Crippen LogP contribution in [-0.4, -0.2) is 70.1 Å². The molecular weight excluding hydrogens is 324 g/mol. The molecule has 2 aliphatic heterocycles. The van der Waals surface area contributed by atoms with Crippen LogP contribution < -0.4 is 0 Å². The molecule has 3 heterocycles. The molecule has 2 fully saturated rings. The molecular formula is C18H31ClN4O. The van der Waals surface area contributed by atoms with Crippen LogP contribution in [0.4, 0.5) is 0 Å². The summed E-state index contributed by atoms with van der Waals surface area (Å²) in [5.41, 5.74) is 0.0615. The summed E-state index contributed by atoms with van der Waals surface area (Å²) in [7, 11) is 0. The van der Waals surface area contributed by atoms with E-state index in [1.54, 1.807) is 6.20 Å². The molecule has 0 unspecified atom stereocenters.